The number of carbonyl (C=O) groups excluding carboxylic acids is 1. The summed E-state index contributed by atoms with van der Waals surface area (Å²) in [5.41, 5.74) is 1.02. The van der Waals surface area contributed by atoms with E-state index in [0.717, 1.165) is 28.7 Å². The van der Waals surface area contributed by atoms with Crippen LogP contribution in [0.2, 0.25) is 0 Å². The molecule has 0 radical (unpaired) electrons. The van der Waals surface area contributed by atoms with Crippen molar-refractivity contribution in [3.63, 3.8) is 0 Å². The molecule has 0 saturated carbocycles. The first-order chi connectivity index (χ1) is 12.3. The Morgan fingerprint density at radius 3 is 2.84 bits per heavy atom. The van der Waals surface area contributed by atoms with Crippen LogP contribution in [0, 0.1) is 0 Å². The molecule has 0 unspecified atom stereocenters. The maximum Gasteiger partial charge on any atom is 0.266 e. The zero-order valence-corrected chi connectivity index (χ0v) is 14.2. The number of carbonyl (C=O) groups is 1. The lowest BCUT2D eigenvalue weighted by Gasteiger charge is -2.02. The minimum Gasteiger partial charge on any atom is -0.304 e. The van der Waals surface area contributed by atoms with Crippen molar-refractivity contribution in [2.24, 2.45) is 0 Å². The largest absolute Gasteiger partial charge is 0.304 e. The maximum atomic E-state index is 12.4. The number of rotatable bonds is 5. The van der Waals surface area contributed by atoms with Gasteiger partial charge >= 0.3 is 0 Å². The van der Waals surface area contributed by atoms with E-state index in [1.54, 1.807) is 6.20 Å². The molecule has 0 spiro atoms. The van der Waals surface area contributed by atoms with Crippen LogP contribution in [0.15, 0.2) is 67.0 Å². The quantitative estimate of drug-likeness (QED) is 0.593. The van der Waals surface area contributed by atoms with Crippen LogP contribution in [0.1, 0.15) is 15.4 Å². The fourth-order valence-electron chi connectivity index (χ4n) is 2.60. The summed E-state index contributed by atoms with van der Waals surface area (Å²) in [6.45, 7) is 0.718. The highest BCUT2D eigenvalue weighted by atomic mass is 32.1. The molecule has 1 amide bonds. The molecule has 3 heterocycles. The molecule has 0 aliphatic rings. The Bertz CT molecular complexity index is 973. The molecule has 0 bridgehead atoms. The molecular formula is C19H16N4OS. The fraction of sp³-hybridized carbons (Fsp3) is 0.105. The van der Waals surface area contributed by atoms with Gasteiger partial charge in [-0.25, -0.2) is 0 Å². The average molecular weight is 348 g/mol. The van der Waals surface area contributed by atoms with Crippen LogP contribution in [0.5, 0.6) is 0 Å². The van der Waals surface area contributed by atoms with Crippen molar-refractivity contribution < 1.29 is 4.79 Å². The zero-order valence-electron chi connectivity index (χ0n) is 13.4. The number of hydrogen-bond donors (Lipinski definition) is 1. The summed E-state index contributed by atoms with van der Waals surface area (Å²) >= 11 is 1.48. The molecule has 3 aromatic heterocycles. The molecule has 1 aromatic carbocycles. The van der Waals surface area contributed by atoms with Gasteiger partial charge in [-0.2, -0.15) is 5.10 Å². The first kappa shape index (κ1) is 15.5. The molecule has 6 heteroatoms. The standard InChI is InChI=1S/C19H16N4OS/c24-19(17-13-14-5-1-2-7-16(14)25-17)21-18-9-12-23(22-18)11-8-15-6-3-4-10-20-15/h1-7,9-10,12-13H,8,11H2,(H,21,22,24). The van der Waals surface area contributed by atoms with Crippen LogP contribution in [0.4, 0.5) is 5.82 Å². The number of amides is 1. The van der Waals surface area contributed by atoms with Crippen LogP contribution >= 0.6 is 11.3 Å². The van der Waals surface area contributed by atoms with Crippen molar-refractivity contribution in [1.29, 1.82) is 0 Å². The lowest BCUT2D eigenvalue weighted by Crippen LogP contribution is -2.11. The predicted molar refractivity (Wildman–Crippen MR) is 99.9 cm³/mol. The summed E-state index contributed by atoms with van der Waals surface area (Å²) in [7, 11) is 0. The normalized spacial score (nSPS) is 10.9. The molecule has 4 aromatic rings. The number of benzene rings is 1. The topological polar surface area (TPSA) is 59.8 Å². The highest BCUT2D eigenvalue weighted by molar-refractivity contribution is 7.20. The summed E-state index contributed by atoms with van der Waals surface area (Å²) in [6.07, 6.45) is 4.45. The van der Waals surface area contributed by atoms with Crippen molar-refractivity contribution >= 4 is 33.1 Å². The Balaban J connectivity index is 1.41. The SMILES string of the molecule is O=C(Nc1ccn(CCc2ccccn2)n1)c1cc2ccccc2s1. The minimum absolute atomic E-state index is 0.129. The van der Waals surface area contributed by atoms with Gasteiger partial charge in [0.2, 0.25) is 0 Å². The van der Waals surface area contributed by atoms with Crippen molar-refractivity contribution in [1.82, 2.24) is 14.8 Å². The predicted octanol–water partition coefficient (Wildman–Crippen LogP) is 3.99. The molecule has 0 saturated heterocycles. The van der Waals surface area contributed by atoms with E-state index in [0.29, 0.717) is 10.7 Å². The number of aryl methyl sites for hydroxylation is 2. The molecule has 0 aliphatic carbocycles. The number of aromatic nitrogens is 3. The molecule has 0 atom stereocenters. The molecule has 4 rings (SSSR count). The van der Waals surface area contributed by atoms with Crippen molar-refractivity contribution in [2.75, 3.05) is 5.32 Å². The number of nitrogens with zero attached hydrogens (tertiary/aromatic N) is 3. The van der Waals surface area contributed by atoms with Gasteiger partial charge in [-0.3, -0.25) is 14.5 Å². The summed E-state index contributed by atoms with van der Waals surface area (Å²) in [5, 5.41) is 8.35. The van der Waals surface area contributed by atoms with E-state index in [9.17, 15) is 4.79 Å². The molecule has 0 aliphatic heterocycles. The first-order valence-electron chi connectivity index (χ1n) is 8.01. The maximum absolute atomic E-state index is 12.4. The molecule has 5 nitrogen and oxygen atoms in total. The Labute approximate surface area is 149 Å². The lowest BCUT2D eigenvalue weighted by atomic mass is 10.2. The van der Waals surface area contributed by atoms with Gasteiger partial charge < -0.3 is 5.32 Å². The van der Waals surface area contributed by atoms with Crippen molar-refractivity contribution in [2.45, 2.75) is 13.0 Å². The van der Waals surface area contributed by atoms with Crippen LogP contribution in [-0.2, 0) is 13.0 Å². The monoisotopic (exact) mass is 348 g/mol. The number of pyridine rings is 1. The van der Waals surface area contributed by atoms with Gasteiger partial charge in [0.25, 0.3) is 5.91 Å². The molecule has 124 valence electrons. The second-order valence-electron chi connectivity index (χ2n) is 5.64. The Morgan fingerprint density at radius 1 is 1.12 bits per heavy atom. The fourth-order valence-corrected chi connectivity index (χ4v) is 3.56. The van der Waals surface area contributed by atoms with Crippen LogP contribution in [-0.4, -0.2) is 20.7 Å². The van der Waals surface area contributed by atoms with Crippen molar-refractivity contribution in [3.05, 3.63) is 77.6 Å². The van der Waals surface area contributed by atoms with Gasteiger partial charge in [0.05, 0.1) is 4.88 Å². The zero-order chi connectivity index (χ0) is 17.1. The molecule has 1 N–H and O–H groups in total. The Hall–Kier alpha value is -2.99. The second-order valence-corrected chi connectivity index (χ2v) is 6.72. The molecule has 0 fully saturated rings. The summed E-state index contributed by atoms with van der Waals surface area (Å²) in [5.74, 6) is 0.430. The van der Waals surface area contributed by atoms with E-state index < -0.39 is 0 Å². The van der Waals surface area contributed by atoms with Crippen molar-refractivity contribution in [3.8, 4) is 0 Å². The summed E-state index contributed by atoms with van der Waals surface area (Å²) < 4.78 is 2.92. The first-order valence-corrected chi connectivity index (χ1v) is 8.83. The third-order valence-corrected chi connectivity index (χ3v) is 4.97. The minimum atomic E-state index is -0.129. The van der Waals surface area contributed by atoms with Gasteiger partial charge in [0.15, 0.2) is 5.82 Å². The lowest BCUT2D eigenvalue weighted by molar-refractivity contribution is 0.103. The Kier molecular flexibility index (Phi) is 4.26. The van der Waals surface area contributed by atoms with Gasteiger partial charge in [-0.15, -0.1) is 11.3 Å². The molecular weight excluding hydrogens is 332 g/mol. The van der Waals surface area contributed by atoms with Gasteiger partial charge in [0, 0.05) is 41.8 Å². The van der Waals surface area contributed by atoms with E-state index in [4.69, 9.17) is 0 Å². The van der Waals surface area contributed by atoms with Gasteiger partial charge in [-0.1, -0.05) is 24.3 Å². The number of hydrogen-bond acceptors (Lipinski definition) is 4. The highest BCUT2D eigenvalue weighted by Crippen LogP contribution is 2.25. The number of fused-ring (bicyclic) bond motifs is 1. The average Bonchev–Trinajstić information content (AvgIpc) is 3.27. The number of thiophene rings is 1. The second kappa shape index (κ2) is 6.86. The van der Waals surface area contributed by atoms with E-state index in [1.807, 2.05) is 65.5 Å². The van der Waals surface area contributed by atoms with E-state index in [2.05, 4.69) is 15.4 Å². The third kappa shape index (κ3) is 3.59. The van der Waals surface area contributed by atoms with Gasteiger partial charge in [-0.05, 0) is 29.7 Å². The van der Waals surface area contributed by atoms with E-state index >= 15 is 0 Å². The van der Waals surface area contributed by atoms with E-state index in [-0.39, 0.29) is 5.91 Å². The van der Waals surface area contributed by atoms with Crippen LogP contribution in [0.25, 0.3) is 10.1 Å². The Morgan fingerprint density at radius 2 is 2.00 bits per heavy atom. The smallest absolute Gasteiger partial charge is 0.266 e. The highest BCUT2D eigenvalue weighted by Gasteiger charge is 2.11. The van der Waals surface area contributed by atoms with Crippen LogP contribution < -0.4 is 5.32 Å². The third-order valence-electron chi connectivity index (χ3n) is 3.85. The molecule has 25 heavy (non-hydrogen) atoms. The number of anilines is 1. The van der Waals surface area contributed by atoms with Crippen LogP contribution in [0.3, 0.4) is 0 Å². The van der Waals surface area contributed by atoms with E-state index in [1.165, 1.54) is 11.3 Å². The van der Waals surface area contributed by atoms with Gasteiger partial charge in [0.1, 0.15) is 0 Å². The summed E-state index contributed by atoms with van der Waals surface area (Å²) in [4.78, 5) is 17.4. The summed E-state index contributed by atoms with van der Waals surface area (Å²) in [6, 6.07) is 17.6. The number of nitrogens with one attached hydrogen (secondary N) is 1.